The number of rotatable bonds is 4. The molecule has 0 unspecified atom stereocenters. The predicted octanol–water partition coefficient (Wildman–Crippen LogP) is 2.93. The van der Waals surface area contributed by atoms with Gasteiger partial charge in [-0.3, -0.25) is 9.59 Å². The Labute approximate surface area is 160 Å². The number of aromatic nitrogens is 2. The van der Waals surface area contributed by atoms with E-state index in [1.54, 1.807) is 35.2 Å². The summed E-state index contributed by atoms with van der Waals surface area (Å²) < 4.78 is 5.80. The molecule has 0 saturated heterocycles. The zero-order valence-corrected chi connectivity index (χ0v) is 15.5. The lowest BCUT2D eigenvalue weighted by Crippen LogP contribution is -2.41. The standard InChI is InChI=1S/C20H18ClN3O3/c1-2-24(11-18-22-15-6-4-3-5-14(15)19(25)23-18)20(26)17-10-12-9-13(21)7-8-16(12)27-17/h3-9,17H,2,10-11H2,1H3,(H,22,23,25)/t17-/m1/s1. The number of para-hydroxylation sites is 1. The summed E-state index contributed by atoms with van der Waals surface area (Å²) in [4.78, 5) is 34.0. The molecule has 7 heteroatoms. The molecule has 6 nitrogen and oxygen atoms in total. The maximum absolute atomic E-state index is 12.9. The Kier molecular flexibility index (Phi) is 4.58. The van der Waals surface area contributed by atoms with Gasteiger partial charge in [-0.05, 0) is 42.8 Å². The summed E-state index contributed by atoms with van der Waals surface area (Å²) in [5.41, 5.74) is 1.33. The van der Waals surface area contributed by atoms with E-state index < -0.39 is 6.10 Å². The van der Waals surface area contributed by atoms with E-state index in [1.807, 2.05) is 19.1 Å². The fourth-order valence-corrected chi connectivity index (χ4v) is 3.49. The number of ether oxygens (including phenoxy) is 1. The van der Waals surface area contributed by atoms with E-state index in [-0.39, 0.29) is 18.0 Å². The summed E-state index contributed by atoms with van der Waals surface area (Å²) in [6.07, 6.45) is -0.113. The minimum atomic E-state index is -0.592. The van der Waals surface area contributed by atoms with Crippen molar-refractivity contribution in [1.82, 2.24) is 14.9 Å². The quantitative estimate of drug-likeness (QED) is 0.751. The van der Waals surface area contributed by atoms with Gasteiger partial charge in [0.1, 0.15) is 11.6 Å². The van der Waals surface area contributed by atoms with Crippen molar-refractivity contribution in [2.24, 2.45) is 0 Å². The van der Waals surface area contributed by atoms with Crippen LogP contribution in [0.25, 0.3) is 10.9 Å². The Hall–Kier alpha value is -2.86. The van der Waals surface area contributed by atoms with Crippen molar-refractivity contribution in [3.63, 3.8) is 0 Å². The number of halogens is 1. The van der Waals surface area contributed by atoms with Crippen LogP contribution >= 0.6 is 11.6 Å². The molecular formula is C20H18ClN3O3. The predicted molar refractivity (Wildman–Crippen MR) is 103 cm³/mol. The highest BCUT2D eigenvalue weighted by atomic mass is 35.5. The van der Waals surface area contributed by atoms with Crippen LogP contribution in [0, 0.1) is 0 Å². The zero-order valence-electron chi connectivity index (χ0n) is 14.7. The van der Waals surface area contributed by atoms with Gasteiger partial charge in [-0.25, -0.2) is 4.98 Å². The molecule has 1 aromatic heterocycles. The highest BCUT2D eigenvalue weighted by Crippen LogP contribution is 2.31. The van der Waals surface area contributed by atoms with E-state index in [1.165, 1.54) is 0 Å². The van der Waals surface area contributed by atoms with Crippen LogP contribution in [0.5, 0.6) is 5.75 Å². The maximum Gasteiger partial charge on any atom is 0.264 e. The van der Waals surface area contributed by atoms with E-state index in [4.69, 9.17) is 16.3 Å². The minimum Gasteiger partial charge on any atom is -0.480 e. The number of carbonyl (C=O) groups excluding carboxylic acids is 1. The molecule has 0 fully saturated rings. The first kappa shape index (κ1) is 17.5. The van der Waals surface area contributed by atoms with Crippen molar-refractivity contribution in [2.45, 2.75) is 26.0 Å². The molecule has 1 N–H and O–H groups in total. The van der Waals surface area contributed by atoms with Gasteiger partial charge in [0.2, 0.25) is 0 Å². The van der Waals surface area contributed by atoms with Gasteiger partial charge in [-0.2, -0.15) is 0 Å². The summed E-state index contributed by atoms with van der Waals surface area (Å²) in [6.45, 7) is 2.58. The topological polar surface area (TPSA) is 75.3 Å². The van der Waals surface area contributed by atoms with Crippen LogP contribution < -0.4 is 10.3 Å². The molecule has 4 rings (SSSR count). The van der Waals surface area contributed by atoms with Crippen molar-refractivity contribution in [1.29, 1.82) is 0 Å². The number of amides is 1. The largest absolute Gasteiger partial charge is 0.480 e. The third kappa shape index (κ3) is 3.40. The second-order valence-electron chi connectivity index (χ2n) is 6.44. The number of aromatic amines is 1. The van der Waals surface area contributed by atoms with Crippen LogP contribution in [0.4, 0.5) is 0 Å². The summed E-state index contributed by atoms with van der Waals surface area (Å²) in [6, 6.07) is 12.5. The average molecular weight is 384 g/mol. The lowest BCUT2D eigenvalue weighted by molar-refractivity contribution is -0.138. The number of nitrogens with zero attached hydrogens (tertiary/aromatic N) is 2. The molecule has 1 atom stereocenters. The van der Waals surface area contributed by atoms with Crippen LogP contribution in [0.15, 0.2) is 47.3 Å². The van der Waals surface area contributed by atoms with E-state index >= 15 is 0 Å². The molecular weight excluding hydrogens is 366 g/mol. The van der Waals surface area contributed by atoms with Gasteiger partial charge < -0.3 is 14.6 Å². The summed E-state index contributed by atoms with van der Waals surface area (Å²) in [5, 5.41) is 1.15. The van der Waals surface area contributed by atoms with Gasteiger partial charge in [-0.1, -0.05) is 23.7 Å². The van der Waals surface area contributed by atoms with Crippen molar-refractivity contribution in [2.75, 3.05) is 6.54 Å². The first-order chi connectivity index (χ1) is 13.0. The van der Waals surface area contributed by atoms with Crippen molar-refractivity contribution in [3.8, 4) is 5.75 Å². The number of benzene rings is 2. The Morgan fingerprint density at radius 1 is 1.33 bits per heavy atom. The number of fused-ring (bicyclic) bond motifs is 2. The first-order valence-corrected chi connectivity index (χ1v) is 9.14. The third-order valence-electron chi connectivity index (χ3n) is 4.67. The van der Waals surface area contributed by atoms with Crippen molar-refractivity contribution in [3.05, 3.63) is 69.2 Å². The molecule has 1 aliphatic rings. The van der Waals surface area contributed by atoms with Gasteiger partial charge in [0, 0.05) is 18.0 Å². The van der Waals surface area contributed by atoms with E-state index in [0.29, 0.717) is 40.5 Å². The van der Waals surface area contributed by atoms with Gasteiger partial charge in [0.15, 0.2) is 6.10 Å². The Morgan fingerprint density at radius 3 is 2.96 bits per heavy atom. The SMILES string of the molecule is CCN(Cc1nc2ccccc2c(=O)[nH]1)C(=O)[C@H]1Cc2cc(Cl)ccc2O1. The Morgan fingerprint density at radius 2 is 2.15 bits per heavy atom. The lowest BCUT2D eigenvalue weighted by Gasteiger charge is -2.23. The highest BCUT2D eigenvalue weighted by molar-refractivity contribution is 6.30. The zero-order chi connectivity index (χ0) is 19.0. The summed E-state index contributed by atoms with van der Waals surface area (Å²) >= 11 is 6.02. The number of hydrogen-bond acceptors (Lipinski definition) is 4. The molecule has 0 radical (unpaired) electrons. The van der Waals surface area contributed by atoms with Crippen molar-refractivity contribution >= 4 is 28.4 Å². The minimum absolute atomic E-state index is 0.138. The monoisotopic (exact) mass is 383 g/mol. The lowest BCUT2D eigenvalue weighted by atomic mass is 10.1. The molecule has 1 amide bonds. The van der Waals surface area contributed by atoms with E-state index in [0.717, 1.165) is 5.56 Å². The molecule has 0 aliphatic carbocycles. The fraction of sp³-hybridized carbons (Fsp3) is 0.250. The van der Waals surface area contributed by atoms with Crippen LogP contribution in [0.2, 0.25) is 5.02 Å². The van der Waals surface area contributed by atoms with E-state index in [2.05, 4.69) is 9.97 Å². The summed E-state index contributed by atoms with van der Waals surface area (Å²) in [7, 11) is 0. The van der Waals surface area contributed by atoms with Crippen LogP contribution in [0.1, 0.15) is 18.3 Å². The number of likely N-dealkylation sites (N-methyl/N-ethyl adjacent to an activating group) is 1. The smallest absolute Gasteiger partial charge is 0.264 e. The van der Waals surface area contributed by atoms with E-state index in [9.17, 15) is 9.59 Å². The number of H-pyrrole nitrogens is 1. The number of nitrogens with one attached hydrogen (secondary N) is 1. The van der Waals surface area contributed by atoms with Crippen LogP contribution in [-0.4, -0.2) is 33.4 Å². The Balaban J connectivity index is 1.54. The van der Waals surface area contributed by atoms with Crippen LogP contribution in [0.3, 0.4) is 0 Å². The highest BCUT2D eigenvalue weighted by Gasteiger charge is 2.32. The molecule has 1 aliphatic heterocycles. The Bertz CT molecular complexity index is 1080. The second kappa shape index (κ2) is 7.04. The molecule has 138 valence electrons. The average Bonchev–Trinajstić information content (AvgIpc) is 3.09. The molecule has 0 spiro atoms. The molecule has 2 aromatic carbocycles. The van der Waals surface area contributed by atoms with Crippen molar-refractivity contribution < 1.29 is 9.53 Å². The van der Waals surface area contributed by atoms with Gasteiger partial charge in [0.25, 0.3) is 11.5 Å². The number of hydrogen-bond donors (Lipinski definition) is 1. The normalized spacial score (nSPS) is 15.4. The van der Waals surface area contributed by atoms with Gasteiger partial charge in [0.05, 0.1) is 17.4 Å². The first-order valence-electron chi connectivity index (χ1n) is 8.77. The second-order valence-corrected chi connectivity index (χ2v) is 6.88. The molecule has 3 aromatic rings. The maximum atomic E-state index is 12.9. The fourth-order valence-electron chi connectivity index (χ4n) is 3.29. The van der Waals surface area contributed by atoms with Gasteiger partial charge in [-0.15, -0.1) is 0 Å². The molecule has 0 saturated carbocycles. The molecule has 27 heavy (non-hydrogen) atoms. The third-order valence-corrected chi connectivity index (χ3v) is 4.90. The number of carbonyl (C=O) groups is 1. The summed E-state index contributed by atoms with van der Waals surface area (Å²) in [5.74, 6) is 0.999. The van der Waals surface area contributed by atoms with Gasteiger partial charge >= 0.3 is 0 Å². The van der Waals surface area contributed by atoms with Crippen LogP contribution in [-0.2, 0) is 17.8 Å². The molecule has 0 bridgehead atoms. The molecule has 2 heterocycles.